The molecule has 3 aromatic rings. The van der Waals surface area contributed by atoms with Gasteiger partial charge in [-0.1, -0.05) is 41.9 Å². The first-order valence-electron chi connectivity index (χ1n) is 9.57. The normalized spacial score (nSPS) is 27.8. The van der Waals surface area contributed by atoms with Gasteiger partial charge in [0.25, 0.3) is 0 Å². The first-order chi connectivity index (χ1) is 13.2. The van der Waals surface area contributed by atoms with Crippen LogP contribution in [0.2, 0.25) is 5.02 Å². The molecule has 0 N–H and O–H groups in total. The molecule has 0 saturated carbocycles. The Hall–Kier alpha value is -2.17. The predicted octanol–water partition coefficient (Wildman–Crippen LogP) is 5.12. The quantitative estimate of drug-likeness (QED) is 0.633. The fraction of sp³-hybridized carbons (Fsp3) is 0.364. The zero-order valence-electron chi connectivity index (χ0n) is 15.3. The molecule has 0 radical (unpaired) electrons. The van der Waals surface area contributed by atoms with Gasteiger partial charge in [-0.2, -0.15) is 0 Å². The average Bonchev–Trinajstić information content (AvgIpc) is 3.26. The van der Waals surface area contributed by atoms with Crippen molar-refractivity contribution < 1.29 is 4.42 Å². The van der Waals surface area contributed by atoms with Crippen molar-refractivity contribution in [3.8, 4) is 11.5 Å². The van der Waals surface area contributed by atoms with Gasteiger partial charge in [0.05, 0.1) is 5.92 Å². The highest BCUT2D eigenvalue weighted by Gasteiger charge is 2.48. The second kappa shape index (κ2) is 6.77. The van der Waals surface area contributed by atoms with Gasteiger partial charge in [0.2, 0.25) is 11.8 Å². The van der Waals surface area contributed by atoms with Crippen molar-refractivity contribution in [1.29, 1.82) is 0 Å². The minimum absolute atomic E-state index is 0.208. The van der Waals surface area contributed by atoms with E-state index in [4.69, 9.17) is 16.0 Å². The Morgan fingerprint density at radius 2 is 1.78 bits per heavy atom. The highest BCUT2D eigenvalue weighted by atomic mass is 35.5. The van der Waals surface area contributed by atoms with Crippen LogP contribution in [0.1, 0.15) is 42.6 Å². The molecule has 0 amide bonds. The Morgan fingerprint density at radius 3 is 2.56 bits per heavy atom. The SMILES string of the molecule is CN1C2CCC1C(c1nnc(-c3ccccc3)o1)[C@@H](c1ccc(Cl)cc1)C2. The molecule has 3 unspecified atom stereocenters. The molecule has 2 bridgehead atoms. The summed E-state index contributed by atoms with van der Waals surface area (Å²) in [6.45, 7) is 0. The number of nitrogens with zero attached hydrogens (tertiary/aromatic N) is 3. The van der Waals surface area contributed by atoms with Gasteiger partial charge in [-0.05, 0) is 62.1 Å². The fourth-order valence-corrected chi connectivity index (χ4v) is 5.05. The van der Waals surface area contributed by atoms with E-state index >= 15 is 0 Å². The molecule has 2 aliphatic rings. The molecular formula is C22H22ClN3O. The van der Waals surface area contributed by atoms with Crippen LogP contribution in [0.3, 0.4) is 0 Å². The highest BCUT2D eigenvalue weighted by molar-refractivity contribution is 6.30. The van der Waals surface area contributed by atoms with Crippen LogP contribution in [0.15, 0.2) is 59.0 Å². The van der Waals surface area contributed by atoms with E-state index in [1.807, 2.05) is 42.5 Å². The lowest BCUT2D eigenvalue weighted by molar-refractivity contribution is 0.124. The van der Waals surface area contributed by atoms with Gasteiger partial charge in [0, 0.05) is 22.7 Å². The van der Waals surface area contributed by atoms with Crippen molar-refractivity contribution in [2.75, 3.05) is 7.05 Å². The Labute approximate surface area is 164 Å². The number of benzene rings is 2. The summed E-state index contributed by atoms with van der Waals surface area (Å²) < 4.78 is 6.21. The molecule has 5 rings (SSSR count). The van der Waals surface area contributed by atoms with Crippen LogP contribution in [0.4, 0.5) is 0 Å². The lowest BCUT2D eigenvalue weighted by atomic mass is 9.76. The molecule has 2 saturated heterocycles. The van der Waals surface area contributed by atoms with Crippen molar-refractivity contribution in [3.63, 3.8) is 0 Å². The third-order valence-electron chi connectivity index (χ3n) is 6.31. The Morgan fingerprint density at radius 1 is 1.00 bits per heavy atom. The van der Waals surface area contributed by atoms with Crippen molar-refractivity contribution in [1.82, 2.24) is 15.1 Å². The van der Waals surface area contributed by atoms with Crippen LogP contribution in [-0.2, 0) is 0 Å². The summed E-state index contributed by atoms with van der Waals surface area (Å²) in [5.74, 6) is 1.94. The van der Waals surface area contributed by atoms with Crippen LogP contribution in [0.5, 0.6) is 0 Å². The molecule has 4 atom stereocenters. The van der Waals surface area contributed by atoms with Crippen LogP contribution >= 0.6 is 11.6 Å². The topological polar surface area (TPSA) is 42.2 Å². The molecule has 3 heterocycles. The van der Waals surface area contributed by atoms with Crippen LogP contribution in [0.25, 0.3) is 11.5 Å². The maximum Gasteiger partial charge on any atom is 0.247 e. The van der Waals surface area contributed by atoms with E-state index in [0.717, 1.165) is 22.9 Å². The van der Waals surface area contributed by atoms with E-state index in [1.165, 1.54) is 18.4 Å². The number of likely N-dealkylation sites (N-methyl/N-ethyl adjacent to an activating group) is 1. The molecule has 1 aromatic heterocycles. The summed E-state index contributed by atoms with van der Waals surface area (Å²) in [7, 11) is 2.24. The van der Waals surface area contributed by atoms with E-state index in [-0.39, 0.29) is 5.92 Å². The van der Waals surface area contributed by atoms with Gasteiger partial charge in [0.1, 0.15) is 0 Å². The zero-order valence-corrected chi connectivity index (χ0v) is 16.0. The third kappa shape index (κ3) is 2.97. The lowest BCUT2D eigenvalue weighted by Gasteiger charge is -2.41. The van der Waals surface area contributed by atoms with E-state index in [1.54, 1.807) is 0 Å². The molecule has 0 aliphatic carbocycles. The number of halogens is 1. The van der Waals surface area contributed by atoms with E-state index in [2.05, 4.69) is 34.3 Å². The molecule has 2 aliphatic heterocycles. The third-order valence-corrected chi connectivity index (χ3v) is 6.57. The molecule has 5 heteroatoms. The standard InChI is InChI=1S/C22H22ClN3O/c1-26-17-11-12-19(26)20(18(13-17)14-7-9-16(23)10-8-14)22-25-24-21(27-22)15-5-3-2-4-6-15/h2-10,17-20H,11-13H2,1H3/t17?,18-,19?,20?/m1/s1. The number of aromatic nitrogens is 2. The summed E-state index contributed by atoms with van der Waals surface area (Å²) in [5.41, 5.74) is 2.28. The second-order valence-electron chi connectivity index (χ2n) is 7.69. The summed E-state index contributed by atoms with van der Waals surface area (Å²) in [5, 5.41) is 9.62. The molecule has 27 heavy (non-hydrogen) atoms. The Bertz CT molecular complexity index is 924. The number of hydrogen-bond acceptors (Lipinski definition) is 4. The molecule has 4 nitrogen and oxygen atoms in total. The molecule has 2 fully saturated rings. The van der Waals surface area contributed by atoms with Crippen LogP contribution < -0.4 is 0 Å². The first kappa shape index (κ1) is 17.0. The largest absolute Gasteiger partial charge is 0.420 e. The van der Waals surface area contributed by atoms with Gasteiger partial charge in [0.15, 0.2) is 0 Å². The summed E-state index contributed by atoms with van der Waals surface area (Å²) >= 11 is 6.12. The molecule has 0 spiro atoms. The van der Waals surface area contributed by atoms with Gasteiger partial charge in [-0.3, -0.25) is 4.90 Å². The zero-order chi connectivity index (χ0) is 18.4. The van der Waals surface area contributed by atoms with Gasteiger partial charge < -0.3 is 4.42 Å². The van der Waals surface area contributed by atoms with Crippen LogP contribution in [0, 0.1) is 0 Å². The van der Waals surface area contributed by atoms with E-state index < -0.39 is 0 Å². The van der Waals surface area contributed by atoms with Crippen LogP contribution in [-0.4, -0.2) is 34.2 Å². The van der Waals surface area contributed by atoms with E-state index in [9.17, 15) is 0 Å². The fourth-order valence-electron chi connectivity index (χ4n) is 4.92. The van der Waals surface area contributed by atoms with Crippen molar-refractivity contribution in [2.24, 2.45) is 0 Å². The average molecular weight is 380 g/mol. The second-order valence-corrected chi connectivity index (χ2v) is 8.13. The van der Waals surface area contributed by atoms with Gasteiger partial charge >= 0.3 is 0 Å². The highest BCUT2D eigenvalue weighted by Crippen LogP contribution is 2.50. The minimum atomic E-state index is 0.208. The van der Waals surface area contributed by atoms with Crippen molar-refractivity contribution in [3.05, 3.63) is 71.1 Å². The summed E-state index contributed by atoms with van der Waals surface area (Å²) in [4.78, 5) is 2.52. The van der Waals surface area contributed by atoms with E-state index in [0.29, 0.717) is 23.9 Å². The molecular weight excluding hydrogens is 358 g/mol. The molecule has 138 valence electrons. The van der Waals surface area contributed by atoms with Crippen molar-refractivity contribution in [2.45, 2.75) is 43.2 Å². The smallest absolute Gasteiger partial charge is 0.247 e. The maximum atomic E-state index is 6.21. The number of hydrogen-bond donors (Lipinski definition) is 0. The van der Waals surface area contributed by atoms with Gasteiger partial charge in [-0.15, -0.1) is 10.2 Å². The Balaban J connectivity index is 1.54. The summed E-state index contributed by atoms with van der Waals surface area (Å²) in [6, 6.07) is 19.3. The first-order valence-corrected chi connectivity index (χ1v) is 9.95. The van der Waals surface area contributed by atoms with Crippen molar-refractivity contribution >= 4 is 11.6 Å². The van der Waals surface area contributed by atoms with Gasteiger partial charge in [-0.25, -0.2) is 0 Å². The Kier molecular flexibility index (Phi) is 4.25. The minimum Gasteiger partial charge on any atom is -0.420 e. The molecule has 2 aromatic carbocycles. The number of piperidine rings is 1. The maximum absolute atomic E-state index is 6.21. The number of rotatable bonds is 3. The lowest BCUT2D eigenvalue weighted by Crippen LogP contribution is -2.44. The number of fused-ring (bicyclic) bond motifs is 2. The predicted molar refractivity (Wildman–Crippen MR) is 106 cm³/mol. The summed E-state index contributed by atoms with van der Waals surface area (Å²) in [6.07, 6.45) is 3.53. The monoisotopic (exact) mass is 379 g/mol.